The van der Waals surface area contributed by atoms with E-state index >= 15 is 0 Å². The van der Waals surface area contributed by atoms with Gasteiger partial charge in [0.05, 0.1) is 5.69 Å². The van der Waals surface area contributed by atoms with E-state index in [-0.39, 0.29) is 16.0 Å². The third-order valence-electron chi connectivity index (χ3n) is 3.70. The fraction of sp³-hybridized carbons (Fsp3) is 0.600. The van der Waals surface area contributed by atoms with Crippen molar-refractivity contribution in [1.82, 2.24) is 4.72 Å². The summed E-state index contributed by atoms with van der Waals surface area (Å²) in [6.45, 7) is 8.58. The Bertz CT molecular complexity index is 595. The number of hydrogen-bond donors (Lipinski definition) is 2. The summed E-state index contributed by atoms with van der Waals surface area (Å²) in [5.41, 5.74) is 7.55. The highest BCUT2D eigenvalue weighted by Gasteiger charge is 2.25. The zero-order valence-corrected chi connectivity index (χ0v) is 14.3. The van der Waals surface area contributed by atoms with Gasteiger partial charge in [0.2, 0.25) is 10.0 Å². The van der Waals surface area contributed by atoms with Crippen LogP contribution in [0.25, 0.3) is 0 Å². The van der Waals surface area contributed by atoms with Crippen molar-refractivity contribution in [3.8, 4) is 0 Å². The summed E-state index contributed by atoms with van der Waals surface area (Å²) in [4.78, 5) is 0.185. The average Bonchev–Trinajstić information content (AvgIpc) is 2.39. The molecule has 6 heteroatoms. The van der Waals surface area contributed by atoms with Crippen LogP contribution < -0.4 is 10.5 Å². The summed E-state index contributed by atoms with van der Waals surface area (Å²) < 4.78 is 32.8. The van der Waals surface area contributed by atoms with Gasteiger partial charge in [-0.05, 0) is 42.9 Å². The Hall–Kier alpha value is -1.11. The topological polar surface area (TPSA) is 81.4 Å². The summed E-state index contributed by atoms with van der Waals surface area (Å²) in [6, 6.07) is 3.46. The molecule has 5 nitrogen and oxygen atoms in total. The van der Waals surface area contributed by atoms with Gasteiger partial charge in [-0.2, -0.15) is 0 Å². The normalized spacial score (nSPS) is 12.6. The van der Waals surface area contributed by atoms with Crippen molar-refractivity contribution in [3.63, 3.8) is 0 Å². The van der Waals surface area contributed by atoms with Gasteiger partial charge in [0.25, 0.3) is 0 Å². The fourth-order valence-electron chi connectivity index (χ4n) is 2.00. The molecule has 0 aromatic heterocycles. The molecular formula is C15H26N2O3S. The number of rotatable bonds is 7. The second-order valence-corrected chi connectivity index (χ2v) is 7.86. The van der Waals surface area contributed by atoms with Crippen molar-refractivity contribution in [1.29, 1.82) is 0 Å². The van der Waals surface area contributed by atoms with Crippen LogP contribution in [0.4, 0.5) is 5.69 Å². The van der Waals surface area contributed by atoms with E-state index in [0.717, 1.165) is 12.0 Å². The zero-order chi connectivity index (χ0) is 16.3. The van der Waals surface area contributed by atoms with Crippen LogP contribution in [-0.4, -0.2) is 28.7 Å². The average molecular weight is 314 g/mol. The molecule has 1 aromatic rings. The maximum atomic E-state index is 12.5. The number of nitrogens with one attached hydrogen (secondary N) is 1. The summed E-state index contributed by atoms with van der Waals surface area (Å²) >= 11 is 0. The van der Waals surface area contributed by atoms with Crippen LogP contribution in [0.3, 0.4) is 0 Å². The first-order chi connectivity index (χ1) is 9.60. The van der Waals surface area contributed by atoms with Crippen molar-refractivity contribution in [2.75, 3.05) is 26.0 Å². The molecule has 0 spiro atoms. The van der Waals surface area contributed by atoms with E-state index in [4.69, 9.17) is 10.5 Å². The van der Waals surface area contributed by atoms with E-state index in [1.807, 2.05) is 26.8 Å². The summed E-state index contributed by atoms with van der Waals surface area (Å²) in [6.07, 6.45) is 0.772. The number of benzene rings is 1. The first-order valence-corrected chi connectivity index (χ1v) is 8.43. The Morgan fingerprint density at radius 1 is 1.29 bits per heavy atom. The van der Waals surface area contributed by atoms with Crippen LogP contribution in [0, 0.1) is 19.3 Å². The molecule has 1 aromatic carbocycles. The number of nitrogens with two attached hydrogens (primary N) is 1. The predicted octanol–water partition coefficient (Wildman–Crippen LogP) is 2.23. The van der Waals surface area contributed by atoms with Crippen molar-refractivity contribution in [2.45, 2.75) is 39.0 Å². The molecule has 21 heavy (non-hydrogen) atoms. The lowest BCUT2D eigenvalue weighted by molar-refractivity contribution is 0.153. The molecule has 0 fully saturated rings. The monoisotopic (exact) mass is 314 g/mol. The van der Waals surface area contributed by atoms with Gasteiger partial charge in [0, 0.05) is 20.3 Å². The number of anilines is 1. The van der Waals surface area contributed by atoms with Crippen molar-refractivity contribution < 1.29 is 13.2 Å². The van der Waals surface area contributed by atoms with Gasteiger partial charge >= 0.3 is 0 Å². The van der Waals surface area contributed by atoms with Gasteiger partial charge in [-0.15, -0.1) is 0 Å². The van der Waals surface area contributed by atoms with Crippen molar-refractivity contribution >= 4 is 15.7 Å². The Morgan fingerprint density at radius 3 is 2.48 bits per heavy atom. The summed E-state index contributed by atoms with van der Waals surface area (Å²) in [5, 5.41) is 0. The third-order valence-corrected chi connectivity index (χ3v) is 5.30. The Kier molecular flexibility index (Phi) is 5.78. The minimum atomic E-state index is -3.62. The molecule has 0 bridgehead atoms. The minimum Gasteiger partial charge on any atom is -0.398 e. The highest BCUT2D eigenvalue weighted by molar-refractivity contribution is 7.89. The van der Waals surface area contributed by atoms with Crippen molar-refractivity contribution in [2.24, 2.45) is 5.41 Å². The lowest BCUT2D eigenvalue weighted by Crippen LogP contribution is -2.35. The van der Waals surface area contributed by atoms with Gasteiger partial charge in [-0.3, -0.25) is 0 Å². The summed E-state index contributed by atoms with van der Waals surface area (Å²) in [7, 11) is -1.98. The molecule has 1 rings (SSSR count). The van der Waals surface area contributed by atoms with Crippen LogP contribution >= 0.6 is 0 Å². The SMILES string of the molecule is COCCC(C)(C)CNS(=O)(=O)c1c(N)ccc(C)c1C. The van der Waals surface area contributed by atoms with Crippen LogP contribution in [0.15, 0.2) is 17.0 Å². The largest absolute Gasteiger partial charge is 0.398 e. The van der Waals surface area contributed by atoms with E-state index < -0.39 is 10.0 Å². The fourth-order valence-corrected chi connectivity index (χ4v) is 3.66. The van der Waals surface area contributed by atoms with Gasteiger partial charge in [-0.25, -0.2) is 13.1 Å². The van der Waals surface area contributed by atoms with Crippen LogP contribution in [-0.2, 0) is 14.8 Å². The Balaban J connectivity index is 2.96. The quantitative estimate of drug-likeness (QED) is 0.756. The molecule has 0 atom stereocenters. The second kappa shape index (κ2) is 6.77. The van der Waals surface area contributed by atoms with Gasteiger partial charge in [0.1, 0.15) is 4.90 Å². The highest BCUT2D eigenvalue weighted by Crippen LogP contribution is 2.26. The first kappa shape index (κ1) is 17.9. The van der Waals surface area contributed by atoms with E-state index in [2.05, 4.69) is 4.72 Å². The molecule has 120 valence electrons. The molecule has 0 radical (unpaired) electrons. The molecule has 0 saturated heterocycles. The third kappa shape index (κ3) is 4.69. The van der Waals surface area contributed by atoms with E-state index in [0.29, 0.717) is 18.7 Å². The number of sulfonamides is 1. The molecule has 3 N–H and O–H groups in total. The first-order valence-electron chi connectivity index (χ1n) is 6.95. The van der Waals surface area contributed by atoms with Crippen LogP contribution in [0.1, 0.15) is 31.4 Å². The van der Waals surface area contributed by atoms with Crippen LogP contribution in [0.5, 0.6) is 0 Å². The maximum absolute atomic E-state index is 12.5. The van der Waals surface area contributed by atoms with E-state index in [1.165, 1.54) is 0 Å². The zero-order valence-electron chi connectivity index (χ0n) is 13.5. The molecule has 0 heterocycles. The maximum Gasteiger partial charge on any atom is 0.242 e. The number of methoxy groups -OCH3 is 1. The van der Waals surface area contributed by atoms with Gasteiger partial charge in [-0.1, -0.05) is 19.9 Å². The van der Waals surface area contributed by atoms with Gasteiger partial charge < -0.3 is 10.5 Å². The van der Waals surface area contributed by atoms with Gasteiger partial charge in [0.15, 0.2) is 0 Å². The second-order valence-electron chi connectivity index (χ2n) is 6.16. The number of hydrogen-bond acceptors (Lipinski definition) is 4. The predicted molar refractivity (Wildman–Crippen MR) is 85.8 cm³/mol. The number of aryl methyl sites for hydroxylation is 1. The minimum absolute atomic E-state index is 0.185. The standard InChI is InChI=1S/C15H26N2O3S/c1-11-6-7-13(16)14(12(11)2)21(18,19)17-10-15(3,4)8-9-20-5/h6-7,17H,8-10,16H2,1-5H3. The smallest absolute Gasteiger partial charge is 0.242 e. The van der Waals surface area contributed by atoms with E-state index in [1.54, 1.807) is 20.1 Å². The molecule has 0 aliphatic carbocycles. The molecule has 0 aliphatic rings. The number of nitrogen functional groups attached to an aromatic ring is 1. The molecule has 0 unspecified atom stereocenters. The molecule has 0 saturated carbocycles. The van der Waals surface area contributed by atoms with Crippen molar-refractivity contribution in [3.05, 3.63) is 23.3 Å². The molecule has 0 aliphatic heterocycles. The Labute approximate surface area is 127 Å². The molecule has 0 amide bonds. The van der Waals surface area contributed by atoms with E-state index in [9.17, 15) is 8.42 Å². The summed E-state index contributed by atoms with van der Waals surface area (Å²) in [5.74, 6) is 0. The number of ether oxygens (including phenoxy) is 1. The Morgan fingerprint density at radius 2 is 1.90 bits per heavy atom. The highest BCUT2D eigenvalue weighted by atomic mass is 32.2. The van der Waals surface area contributed by atoms with Crippen LogP contribution in [0.2, 0.25) is 0 Å². The molecular weight excluding hydrogens is 288 g/mol. The lowest BCUT2D eigenvalue weighted by atomic mass is 9.90. The lowest BCUT2D eigenvalue weighted by Gasteiger charge is -2.25.